The molecule has 0 aliphatic heterocycles. The number of nitrogens with one attached hydrogen (secondary N) is 1. The summed E-state index contributed by atoms with van der Waals surface area (Å²) in [6.07, 6.45) is 1.49. The third-order valence-corrected chi connectivity index (χ3v) is 2.45. The van der Waals surface area contributed by atoms with E-state index in [1.165, 1.54) is 12.3 Å². The van der Waals surface area contributed by atoms with Crippen LogP contribution in [0.1, 0.15) is 17.3 Å². The van der Waals surface area contributed by atoms with Crippen molar-refractivity contribution in [2.45, 2.75) is 6.92 Å². The molecule has 0 atom stereocenters. The summed E-state index contributed by atoms with van der Waals surface area (Å²) in [5, 5.41) is 12.1. The van der Waals surface area contributed by atoms with E-state index in [9.17, 15) is 9.90 Å². The second-order valence-electron chi connectivity index (χ2n) is 3.78. The van der Waals surface area contributed by atoms with E-state index in [0.717, 1.165) is 0 Å². The summed E-state index contributed by atoms with van der Waals surface area (Å²) < 4.78 is 5.29. The third-order valence-electron chi connectivity index (χ3n) is 2.45. The Morgan fingerprint density at radius 2 is 2.05 bits per heavy atom. The molecule has 0 saturated carbocycles. The zero-order valence-electron chi connectivity index (χ0n) is 10.5. The van der Waals surface area contributed by atoms with Gasteiger partial charge in [-0.3, -0.25) is 4.79 Å². The van der Waals surface area contributed by atoms with Crippen LogP contribution in [0.4, 0.5) is 5.82 Å². The number of ether oxygens (including phenoxy) is 1. The summed E-state index contributed by atoms with van der Waals surface area (Å²) in [7, 11) is 0. The highest BCUT2D eigenvalue weighted by Gasteiger charge is 2.09. The van der Waals surface area contributed by atoms with Crippen molar-refractivity contribution in [2.75, 3.05) is 11.9 Å². The van der Waals surface area contributed by atoms with Crippen LogP contribution in [0.5, 0.6) is 11.5 Å². The molecule has 0 fully saturated rings. The summed E-state index contributed by atoms with van der Waals surface area (Å²) in [5.41, 5.74) is 0.466. The molecule has 98 valence electrons. The second kappa shape index (κ2) is 5.86. The van der Waals surface area contributed by atoms with Gasteiger partial charge in [0.25, 0.3) is 5.91 Å². The second-order valence-corrected chi connectivity index (χ2v) is 3.78. The van der Waals surface area contributed by atoms with Crippen LogP contribution < -0.4 is 10.1 Å². The zero-order chi connectivity index (χ0) is 13.7. The lowest BCUT2D eigenvalue weighted by molar-refractivity contribution is 0.102. The molecule has 1 aromatic heterocycles. The predicted molar refractivity (Wildman–Crippen MR) is 71.5 cm³/mol. The fourth-order valence-corrected chi connectivity index (χ4v) is 1.54. The average molecular weight is 258 g/mol. The molecule has 19 heavy (non-hydrogen) atoms. The summed E-state index contributed by atoms with van der Waals surface area (Å²) >= 11 is 0. The fourth-order valence-electron chi connectivity index (χ4n) is 1.54. The Labute approximate surface area is 110 Å². The Morgan fingerprint density at radius 1 is 1.32 bits per heavy atom. The first kappa shape index (κ1) is 12.9. The maximum Gasteiger partial charge on any atom is 0.256 e. The van der Waals surface area contributed by atoms with Gasteiger partial charge in [-0.15, -0.1) is 0 Å². The molecule has 0 unspecified atom stereocenters. The lowest BCUT2D eigenvalue weighted by Gasteiger charge is -2.07. The van der Waals surface area contributed by atoms with Crippen molar-refractivity contribution in [3.05, 3.63) is 48.2 Å². The lowest BCUT2D eigenvalue weighted by Crippen LogP contribution is -2.12. The number of aromatic hydroxyl groups is 1. The predicted octanol–water partition coefficient (Wildman–Crippen LogP) is 2.44. The number of nitrogens with zero attached hydrogens (tertiary/aromatic N) is 1. The number of aromatic nitrogens is 1. The van der Waals surface area contributed by atoms with Gasteiger partial charge < -0.3 is 15.2 Å². The summed E-state index contributed by atoms with van der Waals surface area (Å²) in [6, 6.07) is 9.79. The quantitative estimate of drug-likeness (QED) is 0.883. The molecule has 0 saturated heterocycles. The van der Waals surface area contributed by atoms with Crippen molar-refractivity contribution in [2.24, 2.45) is 0 Å². The Kier molecular flexibility index (Phi) is 3.97. The lowest BCUT2D eigenvalue weighted by atomic mass is 10.2. The molecule has 2 rings (SSSR count). The molecular formula is C14H14N2O3. The number of hydrogen-bond acceptors (Lipinski definition) is 4. The Hall–Kier alpha value is -2.56. The van der Waals surface area contributed by atoms with E-state index in [1.54, 1.807) is 30.3 Å². The van der Waals surface area contributed by atoms with Crippen LogP contribution in [0.15, 0.2) is 42.6 Å². The van der Waals surface area contributed by atoms with E-state index in [2.05, 4.69) is 10.3 Å². The molecule has 0 aliphatic carbocycles. The summed E-state index contributed by atoms with van der Waals surface area (Å²) in [4.78, 5) is 15.8. The Balaban J connectivity index is 2.10. The van der Waals surface area contributed by atoms with Crippen LogP contribution >= 0.6 is 0 Å². The molecule has 2 aromatic rings. The van der Waals surface area contributed by atoms with E-state index in [1.807, 2.05) is 6.92 Å². The van der Waals surface area contributed by atoms with Crippen LogP contribution in [0.3, 0.4) is 0 Å². The number of rotatable bonds is 4. The molecule has 1 amide bonds. The molecule has 1 aromatic carbocycles. The maximum atomic E-state index is 11.9. The fraction of sp³-hybridized carbons (Fsp3) is 0.143. The number of hydrogen-bond donors (Lipinski definition) is 2. The number of benzene rings is 1. The minimum atomic E-state index is -0.336. The largest absolute Gasteiger partial charge is 0.504 e. The monoisotopic (exact) mass is 258 g/mol. The van der Waals surface area contributed by atoms with Gasteiger partial charge in [0.1, 0.15) is 5.75 Å². The van der Waals surface area contributed by atoms with E-state index in [-0.39, 0.29) is 17.5 Å². The molecule has 0 spiro atoms. The van der Waals surface area contributed by atoms with Crippen LogP contribution in [0.2, 0.25) is 0 Å². The van der Waals surface area contributed by atoms with Crippen molar-refractivity contribution < 1.29 is 14.6 Å². The van der Waals surface area contributed by atoms with Crippen molar-refractivity contribution in [1.82, 2.24) is 4.98 Å². The average Bonchev–Trinajstić information content (AvgIpc) is 2.42. The van der Waals surface area contributed by atoms with E-state index in [4.69, 9.17) is 4.74 Å². The topological polar surface area (TPSA) is 71.5 Å². The molecule has 0 bridgehead atoms. The third kappa shape index (κ3) is 3.22. The minimum Gasteiger partial charge on any atom is -0.504 e. The number of amides is 1. The molecule has 0 aliphatic rings. The summed E-state index contributed by atoms with van der Waals surface area (Å²) in [6.45, 7) is 2.47. The van der Waals surface area contributed by atoms with Crippen molar-refractivity contribution in [3.8, 4) is 11.5 Å². The van der Waals surface area contributed by atoms with Crippen molar-refractivity contribution in [3.63, 3.8) is 0 Å². The first-order valence-corrected chi connectivity index (χ1v) is 5.89. The van der Waals surface area contributed by atoms with Gasteiger partial charge >= 0.3 is 0 Å². The van der Waals surface area contributed by atoms with Gasteiger partial charge in [0, 0.05) is 11.8 Å². The molecular weight excluding hydrogens is 244 g/mol. The maximum absolute atomic E-state index is 11.9. The number of anilines is 1. The first-order chi connectivity index (χ1) is 9.20. The standard InChI is InChI=1S/C14H14N2O3/c1-2-19-11-7-5-10(6-8-11)14(18)16-13-12(17)4-3-9-15-13/h3-9,17H,2H2,1H3,(H,15,16,18). The van der Waals surface area contributed by atoms with Crippen LogP contribution in [0.25, 0.3) is 0 Å². The highest BCUT2D eigenvalue weighted by atomic mass is 16.5. The minimum absolute atomic E-state index is 0.0678. The molecule has 2 N–H and O–H groups in total. The smallest absolute Gasteiger partial charge is 0.256 e. The van der Waals surface area contributed by atoms with Gasteiger partial charge in [-0.2, -0.15) is 0 Å². The van der Waals surface area contributed by atoms with Gasteiger partial charge in [-0.25, -0.2) is 4.98 Å². The first-order valence-electron chi connectivity index (χ1n) is 5.89. The van der Waals surface area contributed by atoms with Crippen LogP contribution in [0, 0.1) is 0 Å². The Bertz CT molecular complexity index is 567. The molecule has 0 radical (unpaired) electrons. The SMILES string of the molecule is CCOc1ccc(C(=O)Nc2ncccc2O)cc1. The van der Waals surface area contributed by atoms with E-state index >= 15 is 0 Å². The molecule has 1 heterocycles. The van der Waals surface area contributed by atoms with Gasteiger partial charge in [0.05, 0.1) is 6.61 Å². The van der Waals surface area contributed by atoms with Crippen LogP contribution in [-0.4, -0.2) is 22.6 Å². The summed E-state index contributed by atoms with van der Waals surface area (Å²) in [5.74, 6) is 0.444. The van der Waals surface area contributed by atoms with Crippen molar-refractivity contribution >= 4 is 11.7 Å². The Morgan fingerprint density at radius 3 is 2.68 bits per heavy atom. The van der Waals surface area contributed by atoms with Gasteiger partial charge in [-0.1, -0.05) is 0 Å². The van der Waals surface area contributed by atoms with Crippen LogP contribution in [-0.2, 0) is 0 Å². The molecule has 5 heteroatoms. The number of carbonyl (C=O) groups is 1. The van der Waals surface area contributed by atoms with E-state index < -0.39 is 0 Å². The number of pyridine rings is 1. The van der Waals surface area contributed by atoms with Gasteiger partial charge in [-0.05, 0) is 43.3 Å². The molecule has 5 nitrogen and oxygen atoms in total. The number of carbonyl (C=O) groups excluding carboxylic acids is 1. The van der Waals surface area contributed by atoms with Gasteiger partial charge in [0.2, 0.25) is 0 Å². The zero-order valence-corrected chi connectivity index (χ0v) is 10.5. The highest BCUT2D eigenvalue weighted by Crippen LogP contribution is 2.19. The van der Waals surface area contributed by atoms with Crippen molar-refractivity contribution in [1.29, 1.82) is 0 Å². The van der Waals surface area contributed by atoms with Gasteiger partial charge in [0.15, 0.2) is 11.6 Å². The normalized spacial score (nSPS) is 9.95. The van der Waals surface area contributed by atoms with E-state index in [0.29, 0.717) is 17.9 Å². The highest BCUT2D eigenvalue weighted by molar-refractivity contribution is 6.04.